The van der Waals surface area contributed by atoms with Gasteiger partial charge in [0.25, 0.3) is 0 Å². The van der Waals surface area contributed by atoms with E-state index in [0.29, 0.717) is 36.5 Å². The molecular formula is C28H30O6S. The van der Waals surface area contributed by atoms with E-state index < -0.39 is 5.97 Å². The highest BCUT2D eigenvalue weighted by Gasteiger charge is 2.15. The molecule has 0 aliphatic carbocycles. The van der Waals surface area contributed by atoms with Gasteiger partial charge in [-0.1, -0.05) is 25.1 Å². The van der Waals surface area contributed by atoms with Gasteiger partial charge < -0.3 is 19.7 Å². The number of unbranched alkanes of at least 4 members (excludes halogenated alkanes) is 1. The number of Topliss-reactive ketones (excluding diaryl/α,β-unsaturated/α-hetero) is 1. The second kappa shape index (κ2) is 12.9. The van der Waals surface area contributed by atoms with Crippen LogP contribution in [-0.2, 0) is 6.42 Å². The van der Waals surface area contributed by atoms with Gasteiger partial charge in [-0.25, -0.2) is 4.79 Å². The van der Waals surface area contributed by atoms with Gasteiger partial charge in [0.1, 0.15) is 17.2 Å². The quantitative estimate of drug-likeness (QED) is 0.203. The predicted molar refractivity (Wildman–Crippen MR) is 136 cm³/mol. The molecule has 0 atom stereocenters. The highest BCUT2D eigenvalue weighted by Crippen LogP contribution is 2.33. The van der Waals surface area contributed by atoms with Crippen LogP contribution in [0.2, 0.25) is 0 Å². The third kappa shape index (κ3) is 7.52. The number of aromatic carboxylic acids is 1. The minimum Gasteiger partial charge on any atom is -0.507 e. The van der Waals surface area contributed by atoms with Gasteiger partial charge in [0.15, 0.2) is 5.78 Å². The van der Waals surface area contributed by atoms with E-state index >= 15 is 0 Å². The zero-order valence-corrected chi connectivity index (χ0v) is 20.8. The molecule has 0 aliphatic heterocycles. The van der Waals surface area contributed by atoms with Crippen molar-refractivity contribution in [1.29, 1.82) is 0 Å². The molecule has 0 bridgehead atoms. The van der Waals surface area contributed by atoms with Crippen molar-refractivity contribution in [3.8, 4) is 17.2 Å². The van der Waals surface area contributed by atoms with Gasteiger partial charge in [0, 0.05) is 15.4 Å². The maximum absolute atomic E-state index is 11.7. The molecule has 3 aromatic rings. The number of phenolic OH excluding ortho intramolecular Hbond substituents is 1. The zero-order chi connectivity index (χ0) is 25.2. The molecule has 3 rings (SSSR count). The number of benzene rings is 3. The fourth-order valence-corrected chi connectivity index (χ4v) is 4.33. The summed E-state index contributed by atoms with van der Waals surface area (Å²) in [7, 11) is 0. The number of carbonyl (C=O) groups excluding carboxylic acids is 1. The van der Waals surface area contributed by atoms with E-state index in [4.69, 9.17) is 14.6 Å². The average Bonchev–Trinajstić information content (AvgIpc) is 2.84. The summed E-state index contributed by atoms with van der Waals surface area (Å²) in [5.41, 5.74) is 1.29. The second-order valence-electron chi connectivity index (χ2n) is 8.05. The number of ether oxygens (including phenoxy) is 2. The van der Waals surface area contributed by atoms with Crippen LogP contribution in [0.15, 0.2) is 70.5 Å². The fourth-order valence-electron chi connectivity index (χ4n) is 3.51. The molecule has 0 heterocycles. The van der Waals surface area contributed by atoms with Crippen molar-refractivity contribution in [3.05, 3.63) is 77.4 Å². The van der Waals surface area contributed by atoms with Crippen LogP contribution in [0.1, 0.15) is 59.4 Å². The van der Waals surface area contributed by atoms with Gasteiger partial charge >= 0.3 is 5.97 Å². The molecule has 6 nitrogen and oxygen atoms in total. The number of phenols is 1. The smallest absolute Gasteiger partial charge is 0.335 e. The van der Waals surface area contributed by atoms with E-state index in [0.717, 1.165) is 34.8 Å². The topological polar surface area (TPSA) is 93.1 Å². The minimum absolute atomic E-state index is 0.0269. The number of hydrogen-bond donors (Lipinski definition) is 2. The van der Waals surface area contributed by atoms with Gasteiger partial charge in [-0.05, 0) is 86.8 Å². The lowest BCUT2D eigenvalue weighted by Crippen LogP contribution is -2.05. The van der Waals surface area contributed by atoms with Crippen LogP contribution in [0, 0.1) is 0 Å². The number of ketones is 1. The zero-order valence-electron chi connectivity index (χ0n) is 20.0. The summed E-state index contributed by atoms with van der Waals surface area (Å²) < 4.78 is 11.7. The third-order valence-corrected chi connectivity index (χ3v) is 6.36. The summed E-state index contributed by atoms with van der Waals surface area (Å²) in [6, 6.07) is 17.9. The van der Waals surface area contributed by atoms with E-state index in [1.54, 1.807) is 48.2 Å². The minimum atomic E-state index is -0.932. The molecule has 3 aromatic carbocycles. The number of rotatable bonds is 13. The standard InChI is InChI=1S/C28H30O6S/c1-3-6-25-26(16-15-24(19(2)29)27(25)30)34-18-5-4-17-33-21-9-13-23(14-10-21)35-22-11-7-20(8-12-22)28(31)32/h7-16,30H,3-6,17-18H2,1-2H3,(H,31,32). The molecule has 35 heavy (non-hydrogen) atoms. The Balaban J connectivity index is 1.41. The van der Waals surface area contributed by atoms with Gasteiger partial charge in [-0.3, -0.25) is 4.79 Å². The van der Waals surface area contributed by atoms with E-state index in [9.17, 15) is 14.7 Å². The highest BCUT2D eigenvalue weighted by molar-refractivity contribution is 7.99. The van der Waals surface area contributed by atoms with Gasteiger partial charge in [0.2, 0.25) is 0 Å². The van der Waals surface area contributed by atoms with E-state index in [-0.39, 0.29) is 17.1 Å². The Kier molecular flexibility index (Phi) is 9.61. The summed E-state index contributed by atoms with van der Waals surface area (Å²) in [5, 5.41) is 19.4. The number of aromatic hydroxyl groups is 1. The summed E-state index contributed by atoms with van der Waals surface area (Å²) in [6.07, 6.45) is 3.09. The fraction of sp³-hybridized carbons (Fsp3) is 0.286. The van der Waals surface area contributed by atoms with Crippen molar-refractivity contribution in [1.82, 2.24) is 0 Å². The molecule has 2 N–H and O–H groups in total. The van der Waals surface area contributed by atoms with Crippen LogP contribution in [0.5, 0.6) is 17.2 Å². The van der Waals surface area contributed by atoms with Crippen LogP contribution >= 0.6 is 11.8 Å². The lowest BCUT2D eigenvalue weighted by atomic mass is 10.0. The Hall–Kier alpha value is -3.45. The summed E-state index contributed by atoms with van der Waals surface area (Å²) in [4.78, 5) is 24.6. The second-order valence-corrected chi connectivity index (χ2v) is 9.20. The number of carbonyl (C=O) groups is 2. The number of hydrogen-bond acceptors (Lipinski definition) is 6. The number of carboxylic acids is 1. The Morgan fingerprint density at radius 2 is 1.46 bits per heavy atom. The Labute approximate surface area is 209 Å². The molecule has 0 saturated carbocycles. The monoisotopic (exact) mass is 494 g/mol. The third-order valence-electron chi connectivity index (χ3n) is 5.34. The van der Waals surface area contributed by atoms with Crippen LogP contribution in [0.25, 0.3) is 0 Å². The van der Waals surface area contributed by atoms with Crippen LogP contribution in [0.3, 0.4) is 0 Å². The maximum atomic E-state index is 11.7. The first-order valence-electron chi connectivity index (χ1n) is 11.6. The summed E-state index contributed by atoms with van der Waals surface area (Å²) in [6.45, 7) is 4.52. The van der Waals surface area contributed by atoms with Gasteiger partial charge in [-0.15, -0.1) is 0 Å². The van der Waals surface area contributed by atoms with Crippen molar-refractivity contribution in [2.24, 2.45) is 0 Å². The Morgan fingerprint density at radius 3 is 2.03 bits per heavy atom. The summed E-state index contributed by atoms with van der Waals surface area (Å²) in [5.74, 6) is 0.342. The van der Waals surface area contributed by atoms with Gasteiger partial charge in [-0.2, -0.15) is 0 Å². The molecule has 0 amide bonds. The van der Waals surface area contributed by atoms with Crippen LogP contribution in [0.4, 0.5) is 0 Å². The highest BCUT2D eigenvalue weighted by atomic mass is 32.2. The van der Waals surface area contributed by atoms with Crippen molar-refractivity contribution in [3.63, 3.8) is 0 Å². The normalized spacial score (nSPS) is 10.7. The van der Waals surface area contributed by atoms with E-state index in [1.165, 1.54) is 6.92 Å². The van der Waals surface area contributed by atoms with Gasteiger partial charge in [0.05, 0.1) is 24.3 Å². The van der Waals surface area contributed by atoms with Crippen molar-refractivity contribution < 1.29 is 29.3 Å². The average molecular weight is 495 g/mol. The van der Waals surface area contributed by atoms with Crippen LogP contribution in [-0.4, -0.2) is 35.2 Å². The molecule has 7 heteroatoms. The molecule has 0 spiro atoms. The first-order valence-corrected chi connectivity index (χ1v) is 12.4. The summed E-state index contributed by atoms with van der Waals surface area (Å²) >= 11 is 1.56. The molecular weight excluding hydrogens is 464 g/mol. The molecule has 0 aromatic heterocycles. The SMILES string of the molecule is CCCc1c(OCCCCOc2ccc(Sc3ccc(C(=O)O)cc3)cc2)ccc(C(C)=O)c1O. The lowest BCUT2D eigenvalue weighted by molar-refractivity contribution is 0.0696. The first-order chi connectivity index (χ1) is 16.9. The lowest BCUT2D eigenvalue weighted by Gasteiger charge is -2.14. The van der Waals surface area contributed by atoms with Crippen LogP contribution < -0.4 is 9.47 Å². The van der Waals surface area contributed by atoms with Crippen molar-refractivity contribution in [2.75, 3.05) is 13.2 Å². The molecule has 0 aliphatic rings. The predicted octanol–water partition coefficient (Wildman–Crippen LogP) is 6.63. The Morgan fingerprint density at radius 1 is 0.857 bits per heavy atom. The Bertz CT molecular complexity index is 1140. The van der Waals surface area contributed by atoms with Crippen molar-refractivity contribution in [2.45, 2.75) is 49.3 Å². The first kappa shape index (κ1) is 26.2. The molecule has 184 valence electrons. The number of carboxylic acid groups (broad SMARTS) is 1. The van der Waals surface area contributed by atoms with E-state index in [2.05, 4.69) is 0 Å². The van der Waals surface area contributed by atoms with E-state index in [1.807, 2.05) is 31.2 Å². The molecule has 0 radical (unpaired) electrons. The molecule has 0 fully saturated rings. The largest absolute Gasteiger partial charge is 0.507 e. The van der Waals surface area contributed by atoms with Crippen molar-refractivity contribution >= 4 is 23.5 Å². The molecule has 0 unspecified atom stereocenters. The maximum Gasteiger partial charge on any atom is 0.335 e. The molecule has 0 saturated heterocycles.